The molecule has 0 bridgehead atoms. The Morgan fingerprint density at radius 3 is 2.56 bits per heavy atom. The fraction of sp³-hybridized carbons (Fsp3) is 0.300. The summed E-state index contributed by atoms with van der Waals surface area (Å²) in [6.07, 6.45) is 3.45. The van der Waals surface area contributed by atoms with E-state index in [-0.39, 0.29) is 10.4 Å². The number of ether oxygens (including phenoxy) is 2. The normalized spacial score (nSPS) is 14.6. The SMILES string of the molecule is COc1cncc(-c2ccc(NC(=O)[C@H](OC)c3csc(NS(=O)(=O)C4CC4)n3)cc2)n1. The molecule has 1 aliphatic rings. The number of carbonyl (C=O) groups is 1. The van der Waals surface area contributed by atoms with Crippen molar-refractivity contribution in [2.24, 2.45) is 0 Å². The molecule has 4 rings (SSSR count). The molecule has 1 saturated carbocycles. The van der Waals surface area contributed by atoms with E-state index in [1.165, 1.54) is 20.4 Å². The number of nitrogens with one attached hydrogen (secondary N) is 2. The van der Waals surface area contributed by atoms with Crippen LogP contribution in [0.1, 0.15) is 24.6 Å². The fourth-order valence-corrected chi connectivity index (χ4v) is 5.24. The van der Waals surface area contributed by atoms with Gasteiger partial charge in [-0.2, -0.15) is 0 Å². The largest absolute Gasteiger partial charge is 0.480 e. The highest BCUT2D eigenvalue weighted by Gasteiger charge is 2.36. The minimum absolute atomic E-state index is 0.213. The number of hydrogen-bond acceptors (Lipinski definition) is 9. The quantitative estimate of drug-likeness (QED) is 0.483. The topological polar surface area (TPSA) is 132 Å². The smallest absolute Gasteiger partial charge is 0.259 e. The average Bonchev–Trinajstić information content (AvgIpc) is 3.57. The van der Waals surface area contributed by atoms with Crippen LogP contribution in [-0.4, -0.2) is 48.7 Å². The van der Waals surface area contributed by atoms with Crippen LogP contribution < -0.4 is 14.8 Å². The number of sulfonamides is 1. The van der Waals surface area contributed by atoms with Gasteiger partial charge >= 0.3 is 0 Å². The van der Waals surface area contributed by atoms with Gasteiger partial charge in [-0.15, -0.1) is 11.3 Å². The van der Waals surface area contributed by atoms with Crippen molar-refractivity contribution in [2.45, 2.75) is 24.2 Å². The van der Waals surface area contributed by atoms with E-state index in [2.05, 4.69) is 25.0 Å². The highest BCUT2D eigenvalue weighted by Crippen LogP contribution is 2.31. The molecule has 3 aromatic rings. The van der Waals surface area contributed by atoms with Crippen molar-refractivity contribution in [3.8, 4) is 17.1 Å². The van der Waals surface area contributed by atoms with Gasteiger partial charge < -0.3 is 14.8 Å². The van der Waals surface area contributed by atoms with Gasteiger partial charge in [-0.1, -0.05) is 12.1 Å². The number of amides is 1. The lowest BCUT2D eigenvalue weighted by atomic mass is 10.1. The van der Waals surface area contributed by atoms with Gasteiger partial charge in [0.1, 0.15) is 0 Å². The third-order valence-electron chi connectivity index (χ3n) is 4.73. The Bertz CT molecular complexity index is 1210. The number of anilines is 2. The number of aromatic nitrogens is 3. The van der Waals surface area contributed by atoms with Gasteiger partial charge in [-0.05, 0) is 25.0 Å². The molecule has 0 radical (unpaired) electrons. The van der Waals surface area contributed by atoms with Gasteiger partial charge in [0.05, 0.1) is 36.1 Å². The number of nitrogens with zero attached hydrogens (tertiary/aromatic N) is 3. The van der Waals surface area contributed by atoms with E-state index < -0.39 is 22.0 Å². The van der Waals surface area contributed by atoms with Crippen LogP contribution in [0.4, 0.5) is 10.8 Å². The van der Waals surface area contributed by atoms with Crippen LogP contribution in [0.3, 0.4) is 0 Å². The van der Waals surface area contributed by atoms with Crippen molar-refractivity contribution in [1.29, 1.82) is 0 Å². The number of thiazole rings is 1. The van der Waals surface area contributed by atoms with E-state index in [9.17, 15) is 13.2 Å². The van der Waals surface area contributed by atoms with Crippen molar-refractivity contribution in [3.63, 3.8) is 0 Å². The van der Waals surface area contributed by atoms with Crippen molar-refractivity contribution in [2.75, 3.05) is 24.3 Å². The van der Waals surface area contributed by atoms with Gasteiger partial charge in [-0.3, -0.25) is 14.5 Å². The minimum atomic E-state index is -3.42. The Morgan fingerprint density at radius 2 is 1.91 bits per heavy atom. The second-order valence-corrected chi connectivity index (χ2v) is 9.87. The maximum atomic E-state index is 12.7. The first-order chi connectivity index (χ1) is 15.4. The molecule has 1 fully saturated rings. The van der Waals surface area contributed by atoms with E-state index in [0.29, 0.717) is 35.8 Å². The number of methoxy groups -OCH3 is 2. The standard InChI is InChI=1S/C20H21N5O5S2/c1-29-17-10-21-9-15(23-17)12-3-5-13(6-4-12)22-19(26)18(30-2)16-11-31-20(24-16)25-32(27,28)14-7-8-14/h3-6,9-11,14,18H,7-8H2,1-2H3,(H,22,26)(H,24,25)/t18-/m1/s1. The summed E-state index contributed by atoms with van der Waals surface area (Å²) in [7, 11) is -0.509. The van der Waals surface area contributed by atoms with E-state index >= 15 is 0 Å². The molecule has 2 aromatic heterocycles. The molecule has 0 spiro atoms. The van der Waals surface area contributed by atoms with Crippen LogP contribution >= 0.6 is 11.3 Å². The van der Waals surface area contributed by atoms with Gasteiger partial charge in [0, 0.05) is 23.7 Å². The lowest BCUT2D eigenvalue weighted by Gasteiger charge is -2.13. The molecule has 1 aromatic carbocycles. The number of rotatable bonds is 9. The molecule has 32 heavy (non-hydrogen) atoms. The first-order valence-electron chi connectivity index (χ1n) is 9.67. The van der Waals surface area contributed by atoms with Crippen molar-refractivity contribution in [3.05, 3.63) is 47.7 Å². The molecular formula is C20H21N5O5S2. The van der Waals surface area contributed by atoms with E-state index in [4.69, 9.17) is 9.47 Å². The van der Waals surface area contributed by atoms with Crippen molar-refractivity contribution < 1.29 is 22.7 Å². The van der Waals surface area contributed by atoms with Gasteiger partial charge in [0.15, 0.2) is 11.2 Å². The lowest BCUT2D eigenvalue weighted by Crippen LogP contribution is -2.23. The summed E-state index contributed by atoms with van der Waals surface area (Å²) in [5.74, 6) is -0.0202. The predicted octanol–water partition coefficient (Wildman–Crippen LogP) is 2.84. The Labute approximate surface area is 189 Å². The van der Waals surface area contributed by atoms with Crippen molar-refractivity contribution in [1.82, 2.24) is 15.0 Å². The van der Waals surface area contributed by atoms with E-state index in [0.717, 1.165) is 16.9 Å². The molecule has 0 aliphatic heterocycles. The molecule has 1 atom stereocenters. The average molecular weight is 476 g/mol. The van der Waals surface area contributed by atoms with Crippen LogP contribution in [0, 0.1) is 0 Å². The maximum absolute atomic E-state index is 12.7. The third kappa shape index (κ3) is 5.03. The molecular weight excluding hydrogens is 454 g/mol. The predicted molar refractivity (Wildman–Crippen MR) is 120 cm³/mol. The molecule has 2 heterocycles. The highest BCUT2D eigenvalue weighted by atomic mass is 32.2. The Balaban J connectivity index is 1.43. The summed E-state index contributed by atoms with van der Waals surface area (Å²) in [6, 6.07) is 7.07. The second kappa shape index (κ2) is 9.18. The molecule has 10 nitrogen and oxygen atoms in total. The first kappa shape index (κ1) is 22.1. The molecule has 168 valence electrons. The third-order valence-corrected chi connectivity index (χ3v) is 7.46. The van der Waals surface area contributed by atoms with E-state index in [1.54, 1.807) is 35.8 Å². The minimum Gasteiger partial charge on any atom is -0.480 e. The van der Waals surface area contributed by atoms with Crippen LogP contribution in [0.25, 0.3) is 11.3 Å². The molecule has 1 amide bonds. The lowest BCUT2D eigenvalue weighted by molar-refractivity contribution is -0.126. The zero-order valence-electron chi connectivity index (χ0n) is 17.3. The van der Waals surface area contributed by atoms with Crippen LogP contribution in [-0.2, 0) is 19.6 Å². The van der Waals surface area contributed by atoms with Gasteiger partial charge in [0.25, 0.3) is 5.91 Å². The number of carbonyl (C=O) groups excluding carboxylic acids is 1. The van der Waals surface area contributed by atoms with Crippen LogP contribution in [0.5, 0.6) is 5.88 Å². The molecule has 0 saturated heterocycles. The monoisotopic (exact) mass is 475 g/mol. The number of benzene rings is 1. The fourth-order valence-electron chi connectivity index (χ4n) is 2.92. The first-order valence-corrected chi connectivity index (χ1v) is 12.1. The highest BCUT2D eigenvalue weighted by molar-refractivity contribution is 7.93. The Kier molecular flexibility index (Phi) is 6.35. The van der Waals surface area contributed by atoms with Crippen LogP contribution in [0.2, 0.25) is 0 Å². The molecule has 12 heteroatoms. The van der Waals surface area contributed by atoms with Gasteiger partial charge in [0.2, 0.25) is 15.9 Å². The molecule has 2 N–H and O–H groups in total. The Hall–Kier alpha value is -3.09. The summed E-state index contributed by atoms with van der Waals surface area (Å²) < 4.78 is 37.0. The second-order valence-electron chi connectivity index (χ2n) is 7.05. The summed E-state index contributed by atoms with van der Waals surface area (Å²) in [5, 5.41) is 4.23. The van der Waals surface area contributed by atoms with Crippen molar-refractivity contribution >= 4 is 38.1 Å². The summed E-state index contributed by atoms with van der Waals surface area (Å²) in [5.41, 5.74) is 2.33. The zero-order valence-corrected chi connectivity index (χ0v) is 18.9. The number of hydrogen-bond donors (Lipinski definition) is 2. The summed E-state index contributed by atoms with van der Waals surface area (Å²) in [4.78, 5) is 25.4. The molecule has 1 aliphatic carbocycles. The summed E-state index contributed by atoms with van der Waals surface area (Å²) in [6.45, 7) is 0. The Morgan fingerprint density at radius 1 is 1.16 bits per heavy atom. The van der Waals surface area contributed by atoms with E-state index in [1.807, 2.05) is 0 Å². The van der Waals surface area contributed by atoms with Crippen LogP contribution in [0.15, 0.2) is 42.0 Å². The maximum Gasteiger partial charge on any atom is 0.259 e. The summed E-state index contributed by atoms with van der Waals surface area (Å²) >= 11 is 1.11. The molecule has 0 unspecified atom stereocenters. The van der Waals surface area contributed by atoms with Gasteiger partial charge in [-0.25, -0.2) is 18.4 Å². The zero-order chi connectivity index (χ0) is 22.7.